The molecule has 0 bridgehead atoms. The third-order valence-electron chi connectivity index (χ3n) is 7.22. The van der Waals surface area contributed by atoms with Crippen LogP contribution in [0.15, 0.2) is 36.5 Å². The van der Waals surface area contributed by atoms with E-state index < -0.39 is 0 Å². The molecule has 1 saturated carbocycles. The number of hydrogen-bond donors (Lipinski definition) is 0. The van der Waals surface area contributed by atoms with Gasteiger partial charge in [-0.15, -0.1) is 0 Å². The Morgan fingerprint density at radius 1 is 1.09 bits per heavy atom. The number of benzene rings is 1. The van der Waals surface area contributed by atoms with Gasteiger partial charge in [0.25, 0.3) is 0 Å². The lowest BCUT2D eigenvalue weighted by Crippen LogP contribution is -2.29. The number of hydrogen-bond acceptors (Lipinski definition) is 5. The number of piperidine rings is 1. The van der Waals surface area contributed by atoms with E-state index in [1.54, 1.807) is 4.68 Å². The molecule has 3 heterocycles. The first-order chi connectivity index (χ1) is 15.5. The number of carbonyl (C=O) groups excluding carboxylic acids is 1. The van der Waals surface area contributed by atoms with Gasteiger partial charge in [0.1, 0.15) is 11.9 Å². The van der Waals surface area contributed by atoms with Crippen molar-refractivity contribution in [3.05, 3.63) is 42.1 Å². The number of Topliss-reactive ketones (excluding diaryl/α,β-unsaturated/α-hetero) is 1. The van der Waals surface area contributed by atoms with Crippen molar-refractivity contribution in [3.63, 3.8) is 0 Å². The maximum Gasteiger partial charge on any atom is 0.225 e. The second-order valence-electron chi connectivity index (χ2n) is 9.61. The van der Waals surface area contributed by atoms with Crippen LogP contribution in [-0.2, 0) is 11.8 Å². The highest BCUT2D eigenvalue weighted by Gasteiger charge is 2.29. The van der Waals surface area contributed by atoms with Crippen molar-refractivity contribution in [1.82, 2.24) is 19.7 Å². The Morgan fingerprint density at radius 2 is 1.84 bits per heavy atom. The van der Waals surface area contributed by atoms with E-state index in [0.717, 1.165) is 41.7 Å². The monoisotopic (exact) mass is 432 g/mol. The summed E-state index contributed by atoms with van der Waals surface area (Å²) in [5, 5.41) is 5.53. The van der Waals surface area contributed by atoms with E-state index in [0.29, 0.717) is 30.4 Å². The van der Waals surface area contributed by atoms with Crippen LogP contribution in [0.2, 0.25) is 0 Å². The van der Waals surface area contributed by atoms with Crippen LogP contribution in [0.3, 0.4) is 0 Å². The molecule has 0 radical (unpaired) electrons. The Balaban J connectivity index is 1.42. The van der Waals surface area contributed by atoms with E-state index in [-0.39, 0.29) is 12.0 Å². The zero-order chi connectivity index (χ0) is 22.2. The van der Waals surface area contributed by atoms with Crippen LogP contribution in [0, 0.1) is 5.92 Å². The molecule has 3 aromatic rings. The van der Waals surface area contributed by atoms with Crippen molar-refractivity contribution < 1.29 is 9.53 Å². The molecule has 2 aromatic heterocycles. The number of aryl methyl sites for hydroxylation is 1. The number of pyridine rings is 1. The molecule has 168 valence electrons. The number of fused-ring (bicyclic) bond motifs is 1. The lowest BCUT2D eigenvalue weighted by Gasteiger charge is -2.29. The minimum absolute atomic E-state index is 0.0561. The fourth-order valence-electron chi connectivity index (χ4n) is 5.13. The molecule has 0 N–H and O–H groups in total. The van der Waals surface area contributed by atoms with Crippen LogP contribution >= 0.6 is 0 Å². The third-order valence-corrected chi connectivity index (χ3v) is 7.22. The summed E-state index contributed by atoms with van der Waals surface area (Å²) >= 11 is 0. The van der Waals surface area contributed by atoms with Gasteiger partial charge in [-0.2, -0.15) is 5.10 Å². The highest BCUT2D eigenvalue weighted by Crippen LogP contribution is 2.34. The number of ether oxygens (including phenoxy) is 1. The number of aromatic nitrogens is 3. The molecular weight excluding hydrogens is 400 g/mol. The lowest BCUT2D eigenvalue weighted by atomic mass is 9.89. The highest BCUT2D eigenvalue weighted by atomic mass is 16.5. The predicted octanol–water partition coefficient (Wildman–Crippen LogP) is 4.58. The van der Waals surface area contributed by atoms with Crippen LogP contribution in [0.5, 0.6) is 5.88 Å². The standard InChI is InChI=1S/C26H32N4O2/c1-17(21-8-9-22(31)14-21)32-26-23-16-30(3)28-25(23)15-24(27-26)20-6-4-18(5-7-20)19-10-12-29(2)13-11-19/h4-7,15-17,19,21H,8-14H2,1-3H3/t17-,21+/m1/s1. The number of carbonyl (C=O) groups is 1. The molecule has 5 rings (SSSR count). The minimum atomic E-state index is -0.0561. The van der Waals surface area contributed by atoms with E-state index in [9.17, 15) is 4.79 Å². The van der Waals surface area contributed by atoms with E-state index in [2.05, 4.69) is 48.2 Å². The summed E-state index contributed by atoms with van der Waals surface area (Å²) in [6, 6.07) is 10.9. The van der Waals surface area contributed by atoms with Crippen LogP contribution in [-0.4, -0.2) is 51.7 Å². The van der Waals surface area contributed by atoms with E-state index in [1.807, 2.05) is 19.3 Å². The number of nitrogens with zero attached hydrogens (tertiary/aromatic N) is 4. The van der Waals surface area contributed by atoms with Crippen molar-refractivity contribution in [2.45, 2.75) is 51.0 Å². The molecule has 6 heteroatoms. The zero-order valence-electron chi connectivity index (χ0n) is 19.3. The minimum Gasteiger partial charge on any atom is -0.474 e. The van der Waals surface area contributed by atoms with E-state index >= 15 is 0 Å². The molecule has 2 fully saturated rings. The summed E-state index contributed by atoms with van der Waals surface area (Å²) in [5.41, 5.74) is 4.23. The Labute approximate surface area is 189 Å². The first-order valence-electron chi connectivity index (χ1n) is 11.8. The molecule has 0 unspecified atom stereocenters. The molecule has 1 aliphatic carbocycles. The van der Waals surface area contributed by atoms with Crippen molar-refractivity contribution in [2.75, 3.05) is 20.1 Å². The van der Waals surface area contributed by atoms with Gasteiger partial charge < -0.3 is 9.64 Å². The summed E-state index contributed by atoms with van der Waals surface area (Å²) in [4.78, 5) is 19.0. The largest absolute Gasteiger partial charge is 0.474 e. The van der Waals surface area contributed by atoms with Gasteiger partial charge >= 0.3 is 0 Å². The molecular formula is C26H32N4O2. The van der Waals surface area contributed by atoms with E-state index in [1.165, 1.54) is 18.4 Å². The second kappa shape index (κ2) is 8.66. The summed E-state index contributed by atoms with van der Waals surface area (Å²) < 4.78 is 8.14. The molecule has 6 nitrogen and oxygen atoms in total. The van der Waals surface area contributed by atoms with Crippen LogP contribution < -0.4 is 4.74 Å². The van der Waals surface area contributed by atoms with Gasteiger partial charge in [0.05, 0.1) is 16.6 Å². The van der Waals surface area contributed by atoms with Crippen LogP contribution in [0.4, 0.5) is 0 Å². The van der Waals surface area contributed by atoms with Crippen LogP contribution in [0.1, 0.15) is 50.5 Å². The summed E-state index contributed by atoms with van der Waals surface area (Å²) in [6.07, 6.45) is 6.50. The fourth-order valence-corrected chi connectivity index (χ4v) is 5.13. The molecule has 1 aromatic carbocycles. The zero-order valence-corrected chi connectivity index (χ0v) is 19.3. The van der Waals surface area contributed by atoms with Crippen molar-refractivity contribution >= 4 is 16.7 Å². The first-order valence-corrected chi connectivity index (χ1v) is 11.8. The van der Waals surface area contributed by atoms with Gasteiger partial charge in [-0.25, -0.2) is 4.98 Å². The first kappa shape index (κ1) is 21.1. The maximum atomic E-state index is 11.7. The highest BCUT2D eigenvalue weighted by molar-refractivity contribution is 5.87. The molecule has 32 heavy (non-hydrogen) atoms. The van der Waals surface area contributed by atoms with Gasteiger partial charge in [0, 0.05) is 37.6 Å². The Morgan fingerprint density at radius 3 is 2.53 bits per heavy atom. The smallest absolute Gasteiger partial charge is 0.225 e. The molecule has 0 spiro atoms. The van der Waals surface area contributed by atoms with Gasteiger partial charge in [0.15, 0.2) is 0 Å². The molecule has 1 aliphatic heterocycles. The Hall–Kier alpha value is -2.73. The third kappa shape index (κ3) is 4.29. The van der Waals surface area contributed by atoms with Gasteiger partial charge in [-0.3, -0.25) is 9.48 Å². The van der Waals surface area contributed by atoms with Crippen molar-refractivity contribution in [3.8, 4) is 17.1 Å². The SMILES string of the molecule is C[C@@H](Oc1nc(-c2ccc(C3CCN(C)CC3)cc2)cc2nn(C)cc12)[C@H]1CCC(=O)C1. The average Bonchev–Trinajstić information content (AvgIpc) is 3.39. The Bertz CT molecular complexity index is 1110. The average molecular weight is 433 g/mol. The second-order valence-corrected chi connectivity index (χ2v) is 9.61. The molecule has 2 atom stereocenters. The fraction of sp³-hybridized carbons (Fsp3) is 0.500. The summed E-state index contributed by atoms with van der Waals surface area (Å²) in [7, 11) is 4.11. The summed E-state index contributed by atoms with van der Waals surface area (Å²) in [5.74, 6) is 1.84. The van der Waals surface area contributed by atoms with Gasteiger partial charge in [0.2, 0.25) is 5.88 Å². The number of rotatable bonds is 5. The molecule has 0 amide bonds. The Kier molecular flexibility index (Phi) is 5.72. The van der Waals surface area contributed by atoms with Gasteiger partial charge in [-0.05, 0) is 63.9 Å². The predicted molar refractivity (Wildman–Crippen MR) is 126 cm³/mol. The van der Waals surface area contributed by atoms with E-state index in [4.69, 9.17) is 9.72 Å². The molecule has 1 saturated heterocycles. The summed E-state index contributed by atoms with van der Waals surface area (Å²) in [6.45, 7) is 4.38. The molecule has 2 aliphatic rings. The lowest BCUT2D eigenvalue weighted by molar-refractivity contribution is -0.117. The van der Waals surface area contributed by atoms with Crippen LogP contribution in [0.25, 0.3) is 22.2 Å². The van der Waals surface area contributed by atoms with Crippen molar-refractivity contribution in [1.29, 1.82) is 0 Å². The quantitative estimate of drug-likeness (QED) is 0.591. The normalized spacial score (nSPS) is 21.3. The number of ketones is 1. The topological polar surface area (TPSA) is 60.2 Å². The maximum absolute atomic E-state index is 11.7. The van der Waals surface area contributed by atoms with Crippen molar-refractivity contribution in [2.24, 2.45) is 13.0 Å². The van der Waals surface area contributed by atoms with Gasteiger partial charge in [-0.1, -0.05) is 24.3 Å². The number of likely N-dealkylation sites (tertiary alicyclic amines) is 1.